The fraction of sp³-hybridized carbons (Fsp3) is 0.353. The molecule has 1 amide bonds. The number of rotatable bonds is 3. The van der Waals surface area contributed by atoms with Crippen LogP contribution in [0.3, 0.4) is 0 Å². The van der Waals surface area contributed by atoms with Crippen molar-refractivity contribution in [3.63, 3.8) is 0 Å². The predicted octanol–water partition coefficient (Wildman–Crippen LogP) is 1.50. The van der Waals surface area contributed by atoms with Crippen LogP contribution in [0.5, 0.6) is 0 Å². The summed E-state index contributed by atoms with van der Waals surface area (Å²) in [5.74, 6) is 0.320. The highest BCUT2D eigenvalue weighted by molar-refractivity contribution is 5.95. The second kappa shape index (κ2) is 6.34. The molecule has 1 atom stereocenters. The van der Waals surface area contributed by atoms with E-state index in [2.05, 4.69) is 29.0 Å². The Morgan fingerprint density at radius 2 is 2.00 bits per heavy atom. The molecule has 0 bridgehead atoms. The Labute approximate surface area is 135 Å². The average Bonchev–Trinajstić information content (AvgIpc) is 3.05. The van der Waals surface area contributed by atoms with Crippen LogP contribution in [0.4, 0.5) is 5.95 Å². The van der Waals surface area contributed by atoms with Crippen molar-refractivity contribution in [3.8, 4) is 11.1 Å². The lowest BCUT2D eigenvalue weighted by Crippen LogP contribution is -2.34. The maximum atomic E-state index is 12.7. The Kier molecular flexibility index (Phi) is 4.25. The summed E-state index contributed by atoms with van der Waals surface area (Å²) in [5.41, 5.74) is 7.97. The molecule has 23 heavy (non-hydrogen) atoms. The third kappa shape index (κ3) is 3.32. The molecule has 1 aromatic heterocycles. The van der Waals surface area contributed by atoms with E-state index in [0.29, 0.717) is 11.6 Å². The molecule has 120 valence electrons. The van der Waals surface area contributed by atoms with Crippen LogP contribution in [-0.4, -0.2) is 58.9 Å². The smallest absolute Gasteiger partial charge is 0.253 e. The standard InChI is InChI=1S/C17H21N5O/c1-21(2)15-6-7-22(11-15)16(23)13-5-3-4-12(8-13)14-9-19-17(18)20-10-14/h3-5,8-10,15H,6-7,11H2,1-2H3,(H2,18,19,20)/t15-/m1/s1. The normalized spacial score (nSPS) is 17.7. The average molecular weight is 311 g/mol. The summed E-state index contributed by atoms with van der Waals surface area (Å²) in [5, 5.41) is 0. The lowest BCUT2D eigenvalue weighted by Gasteiger charge is -2.20. The van der Waals surface area contributed by atoms with Gasteiger partial charge in [-0.25, -0.2) is 9.97 Å². The van der Waals surface area contributed by atoms with Gasteiger partial charge in [-0.2, -0.15) is 0 Å². The molecule has 6 heteroatoms. The van der Waals surface area contributed by atoms with E-state index in [4.69, 9.17) is 5.73 Å². The summed E-state index contributed by atoms with van der Waals surface area (Å²) >= 11 is 0. The van der Waals surface area contributed by atoms with Crippen molar-refractivity contribution in [3.05, 3.63) is 42.2 Å². The molecule has 0 saturated carbocycles. The molecule has 0 radical (unpaired) electrons. The third-order valence-corrected chi connectivity index (χ3v) is 4.30. The van der Waals surface area contributed by atoms with E-state index in [9.17, 15) is 4.79 Å². The van der Waals surface area contributed by atoms with Gasteiger partial charge in [0.25, 0.3) is 5.91 Å². The maximum absolute atomic E-state index is 12.7. The second-order valence-electron chi connectivity index (χ2n) is 6.07. The van der Waals surface area contributed by atoms with Crippen LogP contribution >= 0.6 is 0 Å². The zero-order chi connectivity index (χ0) is 16.4. The number of nitrogens with zero attached hydrogens (tertiary/aromatic N) is 4. The van der Waals surface area contributed by atoms with Gasteiger partial charge < -0.3 is 15.5 Å². The second-order valence-corrected chi connectivity index (χ2v) is 6.07. The van der Waals surface area contributed by atoms with Crippen LogP contribution in [-0.2, 0) is 0 Å². The Balaban J connectivity index is 1.80. The summed E-state index contributed by atoms with van der Waals surface area (Å²) in [4.78, 5) is 24.8. The van der Waals surface area contributed by atoms with Crippen LogP contribution in [0.25, 0.3) is 11.1 Å². The first kappa shape index (κ1) is 15.4. The SMILES string of the molecule is CN(C)[C@@H]1CCN(C(=O)c2cccc(-c3cnc(N)nc3)c2)C1. The molecule has 1 aliphatic heterocycles. The number of hydrogen-bond acceptors (Lipinski definition) is 5. The van der Waals surface area contributed by atoms with Gasteiger partial charge in [0.05, 0.1) is 0 Å². The molecule has 2 N–H and O–H groups in total. The first-order valence-corrected chi connectivity index (χ1v) is 7.68. The van der Waals surface area contributed by atoms with Crippen molar-refractivity contribution >= 4 is 11.9 Å². The number of likely N-dealkylation sites (N-methyl/N-ethyl adjacent to an activating group) is 1. The van der Waals surface area contributed by atoms with Crippen molar-refractivity contribution in [2.24, 2.45) is 0 Å². The highest BCUT2D eigenvalue weighted by atomic mass is 16.2. The van der Waals surface area contributed by atoms with Gasteiger partial charge in [0, 0.05) is 42.7 Å². The zero-order valence-corrected chi connectivity index (χ0v) is 13.4. The molecule has 6 nitrogen and oxygen atoms in total. The minimum Gasteiger partial charge on any atom is -0.368 e. The van der Waals surface area contributed by atoms with Crippen LogP contribution in [0.1, 0.15) is 16.8 Å². The Morgan fingerprint density at radius 1 is 1.26 bits per heavy atom. The monoisotopic (exact) mass is 311 g/mol. The van der Waals surface area contributed by atoms with Crippen LogP contribution < -0.4 is 5.73 Å². The van der Waals surface area contributed by atoms with E-state index in [1.54, 1.807) is 12.4 Å². The van der Waals surface area contributed by atoms with E-state index in [0.717, 1.165) is 30.6 Å². The van der Waals surface area contributed by atoms with Gasteiger partial charge in [-0.15, -0.1) is 0 Å². The molecule has 0 spiro atoms. The van der Waals surface area contributed by atoms with E-state index < -0.39 is 0 Å². The van der Waals surface area contributed by atoms with Crippen molar-refractivity contribution in [1.29, 1.82) is 0 Å². The first-order valence-electron chi connectivity index (χ1n) is 7.68. The topological polar surface area (TPSA) is 75.3 Å². The number of benzene rings is 1. The zero-order valence-electron chi connectivity index (χ0n) is 13.4. The summed E-state index contributed by atoms with van der Waals surface area (Å²) in [6.07, 6.45) is 4.36. The Hall–Kier alpha value is -2.47. The minimum absolute atomic E-state index is 0.0764. The quantitative estimate of drug-likeness (QED) is 0.930. The van der Waals surface area contributed by atoms with Crippen LogP contribution in [0.2, 0.25) is 0 Å². The Morgan fingerprint density at radius 3 is 2.65 bits per heavy atom. The number of aromatic nitrogens is 2. The number of amides is 1. The summed E-state index contributed by atoms with van der Waals surface area (Å²) in [6.45, 7) is 1.58. The molecule has 3 rings (SSSR count). The minimum atomic E-state index is 0.0764. The van der Waals surface area contributed by atoms with Gasteiger partial charge in [0.15, 0.2) is 0 Å². The van der Waals surface area contributed by atoms with Crippen molar-refractivity contribution in [2.45, 2.75) is 12.5 Å². The molecule has 1 saturated heterocycles. The maximum Gasteiger partial charge on any atom is 0.253 e. The van der Waals surface area contributed by atoms with Crippen molar-refractivity contribution in [1.82, 2.24) is 19.8 Å². The molecule has 1 aliphatic rings. The van der Waals surface area contributed by atoms with E-state index in [1.807, 2.05) is 29.2 Å². The lowest BCUT2D eigenvalue weighted by atomic mass is 10.1. The van der Waals surface area contributed by atoms with Gasteiger partial charge in [0.2, 0.25) is 5.95 Å². The first-order chi connectivity index (χ1) is 11.0. The lowest BCUT2D eigenvalue weighted by molar-refractivity contribution is 0.0783. The third-order valence-electron chi connectivity index (χ3n) is 4.30. The van der Waals surface area contributed by atoms with E-state index in [1.165, 1.54) is 0 Å². The summed E-state index contributed by atoms with van der Waals surface area (Å²) < 4.78 is 0. The van der Waals surface area contributed by atoms with Gasteiger partial charge in [-0.05, 0) is 38.2 Å². The predicted molar refractivity (Wildman–Crippen MR) is 89.9 cm³/mol. The van der Waals surface area contributed by atoms with E-state index >= 15 is 0 Å². The number of nitrogens with two attached hydrogens (primary N) is 1. The largest absolute Gasteiger partial charge is 0.368 e. The van der Waals surface area contributed by atoms with Gasteiger partial charge >= 0.3 is 0 Å². The fourth-order valence-electron chi connectivity index (χ4n) is 2.85. The highest BCUT2D eigenvalue weighted by Crippen LogP contribution is 2.22. The summed E-state index contributed by atoms with van der Waals surface area (Å²) in [7, 11) is 4.11. The number of carbonyl (C=O) groups excluding carboxylic acids is 1. The molecule has 0 aliphatic carbocycles. The Bertz CT molecular complexity index is 698. The molecule has 1 fully saturated rings. The van der Waals surface area contributed by atoms with Gasteiger partial charge in [-0.3, -0.25) is 4.79 Å². The molecule has 1 aromatic carbocycles. The molecular formula is C17H21N5O. The summed E-state index contributed by atoms with van der Waals surface area (Å²) in [6, 6.07) is 8.01. The van der Waals surface area contributed by atoms with Crippen LogP contribution in [0.15, 0.2) is 36.7 Å². The number of carbonyl (C=O) groups is 1. The molecule has 2 aromatic rings. The molecule has 0 unspecified atom stereocenters. The van der Waals surface area contributed by atoms with E-state index in [-0.39, 0.29) is 11.9 Å². The van der Waals surface area contributed by atoms with Crippen molar-refractivity contribution in [2.75, 3.05) is 32.9 Å². The van der Waals surface area contributed by atoms with Crippen molar-refractivity contribution < 1.29 is 4.79 Å². The van der Waals surface area contributed by atoms with Crippen LogP contribution in [0, 0.1) is 0 Å². The number of anilines is 1. The van der Waals surface area contributed by atoms with Gasteiger partial charge in [-0.1, -0.05) is 12.1 Å². The number of hydrogen-bond donors (Lipinski definition) is 1. The molecule has 2 heterocycles. The number of likely N-dealkylation sites (tertiary alicyclic amines) is 1. The van der Waals surface area contributed by atoms with Gasteiger partial charge in [0.1, 0.15) is 0 Å². The number of nitrogen functional groups attached to an aromatic ring is 1. The molecular weight excluding hydrogens is 290 g/mol. The fourth-order valence-corrected chi connectivity index (χ4v) is 2.85. The highest BCUT2D eigenvalue weighted by Gasteiger charge is 2.28.